The van der Waals surface area contributed by atoms with Crippen LogP contribution >= 0.6 is 0 Å². The Morgan fingerprint density at radius 3 is 2.13 bits per heavy atom. The van der Waals surface area contributed by atoms with E-state index in [1.54, 1.807) is 26.0 Å². The number of likely N-dealkylation sites (tertiary alicyclic amines) is 1. The van der Waals surface area contributed by atoms with E-state index in [4.69, 9.17) is 9.47 Å². The molecule has 0 bridgehead atoms. The number of rotatable bonds is 11. The van der Waals surface area contributed by atoms with E-state index in [1.807, 2.05) is 32.9 Å². The Bertz CT molecular complexity index is 1480. The molecule has 10 nitrogen and oxygen atoms in total. The maximum atomic E-state index is 14.0. The van der Waals surface area contributed by atoms with Gasteiger partial charge in [0.15, 0.2) is 23.2 Å². The third-order valence-corrected chi connectivity index (χ3v) is 7.41. The van der Waals surface area contributed by atoms with Crippen LogP contribution in [-0.4, -0.2) is 66.7 Å². The topological polar surface area (TPSA) is 131 Å². The summed E-state index contributed by atoms with van der Waals surface area (Å²) in [6, 6.07) is 5.54. The number of benzene rings is 2. The van der Waals surface area contributed by atoms with Crippen molar-refractivity contribution in [1.82, 2.24) is 10.2 Å². The van der Waals surface area contributed by atoms with Gasteiger partial charge in [0.05, 0.1) is 13.0 Å². The molecule has 14 heteroatoms. The van der Waals surface area contributed by atoms with Crippen LogP contribution in [0.3, 0.4) is 0 Å². The first-order valence-electron chi connectivity index (χ1n) is 15.1. The fraction of sp³-hybridized carbons (Fsp3) is 0.485. The number of ether oxygens (including phenoxy) is 2. The van der Waals surface area contributed by atoms with Gasteiger partial charge in [-0.3, -0.25) is 24.0 Å². The van der Waals surface area contributed by atoms with Crippen molar-refractivity contribution >= 4 is 35.2 Å². The van der Waals surface area contributed by atoms with Crippen molar-refractivity contribution in [2.24, 2.45) is 11.8 Å². The number of nitrogens with zero attached hydrogens (tertiary/aromatic N) is 1. The molecule has 3 amide bonds. The summed E-state index contributed by atoms with van der Waals surface area (Å²) in [5.74, 6) is -13.6. The molecule has 0 spiro atoms. The van der Waals surface area contributed by atoms with Crippen molar-refractivity contribution in [2.75, 3.05) is 31.6 Å². The minimum Gasteiger partial charge on any atom is -0.479 e. The van der Waals surface area contributed by atoms with Gasteiger partial charge in [0.1, 0.15) is 12.6 Å². The molecule has 256 valence electrons. The highest BCUT2D eigenvalue weighted by Gasteiger charge is 2.34. The van der Waals surface area contributed by atoms with Gasteiger partial charge in [0, 0.05) is 30.8 Å². The highest BCUT2D eigenvalue weighted by Crippen LogP contribution is 2.30. The second-order valence-corrected chi connectivity index (χ2v) is 12.7. The third kappa shape index (κ3) is 10.00. The molecule has 1 atom stereocenters. The van der Waals surface area contributed by atoms with Crippen LogP contribution in [0.1, 0.15) is 59.4 Å². The summed E-state index contributed by atoms with van der Waals surface area (Å²) >= 11 is 0. The predicted molar refractivity (Wildman–Crippen MR) is 162 cm³/mol. The smallest absolute Gasteiger partial charge is 0.313 e. The molecule has 1 heterocycles. The third-order valence-electron chi connectivity index (χ3n) is 7.41. The molecule has 1 aliphatic rings. The van der Waals surface area contributed by atoms with Crippen molar-refractivity contribution < 1.29 is 51.0 Å². The molecule has 0 radical (unpaired) electrons. The Hall–Kier alpha value is -4.49. The van der Waals surface area contributed by atoms with Crippen molar-refractivity contribution in [2.45, 2.75) is 65.3 Å². The van der Waals surface area contributed by atoms with E-state index in [1.165, 1.54) is 4.90 Å². The highest BCUT2D eigenvalue weighted by atomic mass is 19.2. The first-order valence-corrected chi connectivity index (χ1v) is 15.1. The zero-order valence-corrected chi connectivity index (χ0v) is 26.9. The van der Waals surface area contributed by atoms with Crippen LogP contribution < -0.4 is 15.4 Å². The standard InChI is InChI=1S/C33H39F4N3O7/c1-18(2)16-46-26(42)15-24(25(41)17-47-29-27(36)21(34)14-22(35)28(29)37)39-30(43)19-10-12-40(13-11-19)32(45)31(44)38-23-9-7-6-8-20(23)33(3,4)5/h6-9,14,18-19,24H,10-13,15-17H2,1-5H3,(H,38,44)(H,39,43)/t24-/m0/s1. The molecule has 0 aliphatic carbocycles. The average Bonchev–Trinajstić information content (AvgIpc) is 3.01. The van der Waals surface area contributed by atoms with E-state index in [-0.39, 0.29) is 49.9 Å². The van der Waals surface area contributed by atoms with Gasteiger partial charge in [-0.05, 0) is 35.8 Å². The molecular formula is C33H39F4N3O7. The van der Waals surface area contributed by atoms with E-state index in [0.29, 0.717) is 5.69 Å². The second-order valence-electron chi connectivity index (χ2n) is 12.7. The van der Waals surface area contributed by atoms with Crippen LogP contribution in [0.4, 0.5) is 23.2 Å². The number of halogens is 4. The number of carbonyl (C=O) groups is 5. The fourth-order valence-corrected chi connectivity index (χ4v) is 4.85. The minimum absolute atomic E-state index is 0.0189. The number of ketones is 1. The van der Waals surface area contributed by atoms with Gasteiger partial charge in [0.2, 0.25) is 17.5 Å². The highest BCUT2D eigenvalue weighted by molar-refractivity contribution is 6.39. The quantitative estimate of drug-likeness (QED) is 0.157. The molecule has 1 aliphatic heterocycles. The molecular weight excluding hydrogens is 626 g/mol. The molecule has 0 aromatic heterocycles. The summed E-state index contributed by atoms with van der Waals surface area (Å²) in [5.41, 5.74) is 1.06. The van der Waals surface area contributed by atoms with Crippen molar-refractivity contribution in [1.29, 1.82) is 0 Å². The predicted octanol–water partition coefficient (Wildman–Crippen LogP) is 4.44. The fourth-order valence-electron chi connectivity index (χ4n) is 4.85. The lowest BCUT2D eigenvalue weighted by Crippen LogP contribution is -2.50. The Kier molecular flexibility index (Phi) is 12.5. The molecule has 2 aromatic carbocycles. The number of para-hydroxylation sites is 1. The van der Waals surface area contributed by atoms with E-state index >= 15 is 0 Å². The summed E-state index contributed by atoms with van der Waals surface area (Å²) in [5, 5.41) is 5.09. The maximum Gasteiger partial charge on any atom is 0.313 e. The number of anilines is 1. The maximum absolute atomic E-state index is 14.0. The summed E-state index contributed by atoms with van der Waals surface area (Å²) in [4.78, 5) is 65.6. The normalized spacial score (nSPS) is 14.4. The summed E-state index contributed by atoms with van der Waals surface area (Å²) in [6.07, 6.45) is -0.411. The number of amides is 3. The minimum atomic E-state index is -1.86. The van der Waals surface area contributed by atoms with Gasteiger partial charge in [0.25, 0.3) is 0 Å². The second kappa shape index (κ2) is 15.9. The zero-order chi connectivity index (χ0) is 35.1. The Morgan fingerprint density at radius 1 is 0.957 bits per heavy atom. The molecule has 1 fully saturated rings. The molecule has 3 rings (SSSR count). The van der Waals surface area contributed by atoms with Crippen LogP contribution in [0.15, 0.2) is 30.3 Å². The van der Waals surface area contributed by atoms with Gasteiger partial charge in [-0.1, -0.05) is 52.8 Å². The molecule has 47 heavy (non-hydrogen) atoms. The first kappa shape index (κ1) is 37.0. The van der Waals surface area contributed by atoms with Crippen LogP contribution in [-0.2, 0) is 34.1 Å². The van der Waals surface area contributed by atoms with Gasteiger partial charge in [-0.25, -0.2) is 8.78 Å². The number of carbonyl (C=O) groups excluding carboxylic acids is 5. The monoisotopic (exact) mass is 665 g/mol. The largest absolute Gasteiger partial charge is 0.479 e. The van der Waals surface area contributed by atoms with E-state index in [2.05, 4.69) is 10.6 Å². The van der Waals surface area contributed by atoms with Gasteiger partial charge < -0.3 is 25.0 Å². The summed E-state index contributed by atoms with van der Waals surface area (Å²) in [6.45, 7) is 8.45. The number of nitrogens with one attached hydrogen (secondary N) is 2. The Labute approximate surface area is 270 Å². The van der Waals surface area contributed by atoms with Crippen molar-refractivity contribution in [3.63, 3.8) is 0 Å². The number of piperidine rings is 1. The van der Waals surface area contributed by atoms with Crippen LogP contribution in [0.2, 0.25) is 0 Å². The molecule has 0 unspecified atom stereocenters. The van der Waals surface area contributed by atoms with Crippen LogP contribution in [0, 0.1) is 35.1 Å². The number of esters is 1. The Morgan fingerprint density at radius 2 is 1.55 bits per heavy atom. The lowest BCUT2D eigenvalue weighted by molar-refractivity contribution is -0.147. The molecule has 0 saturated carbocycles. The molecule has 2 N–H and O–H groups in total. The van der Waals surface area contributed by atoms with Crippen molar-refractivity contribution in [3.8, 4) is 5.75 Å². The average molecular weight is 666 g/mol. The van der Waals surface area contributed by atoms with Gasteiger partial charge in [-0.2, -0.15) is 8.78 Å². The SMILES string of the molecule is CC(C)COC(=O)C[C@H](NC(=O)C1CCN(C(=O)C(=O)Nc2ccccc2C(C)(C)C)CC1)C(=O)COc1c(F)c(F)cc(F)c1F. The van der Waals surface area contributed by atoms with E-state index in [9.17, 15) is 41.5 Å². The molecule has 2 aromatic rings. The number of Topliss-reactive ketones (excluding diaryl/α,β-unsaturated/α-hetero) is 1. The molecule has 1 saturated heterocycles. The zero-order valence-electron chi connectivity index (χ0n) is 26.9. The summed E-state index contributed by atoms with van der Waals surface area (Å²) in [7, 11) is 0. The lowest BCUT2D eigenvalue weighted by Gasteiger charge is -2.32. The van der Waals surface area contributed by atoms with Gasteiger partial charge >= 0.3 is 17.8 Å². The van der Waals surface area contributed by atoms with Crippen LogP contribution in [0.5, 0.6) is 5.75 Å². The lowest BCUT2D eigenvalue weighted by atomic mass is 9.86. The van der Waals surface area contributed by atoms with Crippen LogP contribution in [0.25, 0.3) is 0 Å². The number of hydrogen-bond acceptors (Lipinski definition) is 7. The summed E-state index contributed by atoms with van der Waals surface area (Å²) < 4.78 is 65.0. The number of hydrogen-bond donors (Lipinski definition) is 2. The Balaban J connectivity index is 1.64. The van der Waals surface area contributed by atoms with Gasteiger partial charge in [-0.15, -0.1) is 0 Å². The first-order chi connectivity index (χ1) is 22.0. The van der Waals surface area contributed by atoms with E-state index < -0.39 is 83.5 Å². The van der Waals surface area contributed by atoms with Crippen molar-refractivity contribution in [3.05, 3.63) is 59.2 Å². The van der Waals surface area contributed by atoms with E-state index in [0.717, 1.165) is 5.56 Å².